The van der Waals surface area contributed by atoms with Crippen LogP contribution < -0.4 is 0 Å². The summed E-state index contributed by atoms with van der Waals surface area (Å²) >= 11 is 5.88. The van der Waals surface area contributed by atoms with E-state index < -0.39 is 0 Å². The molecule has 0 unspecified atom stereocenters. The molecule has 1 N–H and O–H groups in total. The second kappa shape index (κ2) is 3.91. The molecule has 2 nitrogen and oxygen atoms in total. The Morgan fingerprint density at radius 3 is 2.67 bits per heavy atom. The first-order valence-corrected chi connectivity index (χ1v) is 4.96. The maximum absolute atomic E-state index is 9.54. The molecule has 0 saturated carbocycles. The van der Waals surface area contributed by atoms with Crippen molar-refractivity contribution in [3.05, 3.63) is 47.2 Å². The first-order valence-electron chi connectivity index (χ1n) is 4.58. The highest BCUT2D eigenvalue weighted by Gasteiger charge is 2.02. The molecule has 0 spiro atoms. The lowest BCUT2D eigenvalue weighted by molar-refractivity contribution is 0.468. The summed E-state index contributed by atoms with van der Waals surface area (Å²) in [5.74, 6) is 0.201. The van der Waals surface area contributed by atoms with Gasteiger partial charge in [0.1, 0.15) is 5.75 Å². The highest BCUT2D eigenvalue weighted by molar-refractivity contribution is 6.30. The number of aryl methyl sites for hydroxylation is 1. The van der Waals surface area contributed by atoms with E-state index >= 15 is 0 Å². The largest absolute Gasteiger partial charge is 0.506 e. The zero-order chi connectivity index (χ0) is 10.8. The summed E-state index contributed by atoms with van der Waals surface area (Å²) < 4.78 is 0. The van der Waals surface area contributed by atoms with Crippen molar-refractivity contribution in [1.82, 2.24) is 4.98 Å². The van der Waals surface area contributed by atoms with Gasteiger partial charge in [0.15, 0.2) is 0 Å². The van der Waals surface area contributed by atoms with Crippen LogP contribution in [0.4, 0.5) is 0 Å². The summed E-state index contributed by atoms with van der Waals surface area (Å²) in [5, 5.41) is 10.2. The van der Waals surface area contributed by atoms with Crippen LogP contribution in [0.1, 0.15) is 5.69 Å². The Labute approximate surface area is 93.2 Å². The van der Waals surface area contributed by atoms with Gasteiger partial charge in [0.25, 0.3) is 0 Å². The van der Waals surface area contributed by atoms with Crippen molar-refractivity contribution in [1.29, 1.82) is 0 Å². The molecule has 0 bridgehead atoms. The molecule has 3 heteroatoms. The van der Waals surface area contributed by atoms with Crippen LogP contribution >= 0.6 is 11.6 Å². The number of nitrogens with zero attached hydrogens (tertiary/aromatic N) is 1. The van der Waals surface area contributed by atoms with Gasteiger partial charge in [0, 0.05) is 16.8 Å². The Hall–Kier alpha value is -1.54. The fourth-order valence-electron chi connectivity index (χ4n) is 1.35. The van der Waals surface area contributed by atoms with Crippen molar-refractivity contribution in [2.75, 3.05) is 0 Å². The second-order valence-electron chi connectivity index (χ2n) is 3.34. The molecule has 0 fully saturated rings. The molecule has 76 valence electrons. The van der Waals surface area contributed by atoms with Gasteiger partial charge in [0.05, 0.1) is 5.69 Å². The molecule has 2 aromatic rings. The number of aromatic hydroxyl groups is 1. The van der Waals surface area contributed by atoms with Crippen molar-refractivity contribution in [3.63, 3.8) is 0 Å². The van der Waals surface area contributed by atoms with E-state index in [1.165, 1.54) is 0 Å². The van der Waals surface area contributed by atoms with Crippen LogP contribution in [-0.4, -0.2) is 10.1 Å². The van der Waals surface area contributed by atoms with Gasteiger partial charge in [0.2, 0.25) is 0 Å². The minimum Gasteiger partial charge on any atom is -0.506 e. The predicted molar refractivity (Wildman–Crippen MR) is 61.1 cm³/mol. The fourth-order valence-corrected chi connectivity index (χ4v) is 1.54. The lowest BCUT2D eigenvalue weighted by Crippen LogP contribution is -1.84. The number of halogens is 1. The van der Waals surface area contributed by atoms with Gasteiger partial charge in [-0.1, -0.05) is 23.7 Å². The fraction of sp³-hybridized carbons (Fsp3) is 0.0833. The lowest BCUT2D eigenvalue weighted by atomic mass is 10.1. The first kappa shape index (κ1) is 9.99. The van der Waals surface area contributed by atoms with Crippen LogP contribution in [-0.2, 0) is 0 Å². The monoisotopic (exact) mass is 219 g/mol. The van der Waals surface area contributed by atoms with Crippen LogP contribution in [0.3, 0.4) is 0 Å². The van der Waals surface area contributed by atoms with E-state index in [4.69, 9.17) is 11.6 Å². The highest BCUT2D eigenvalue weighted by atomic mass is 35.5. The van der Waals surface area contributed by atoms with E-state index in [0.29, 0.717) is 10.7 Å². The van der Waals surface area contributed by atoms with Crippen molar-refractivity contribution < 1.29 is 5.11 Å². The number of rotatable bonds is 1. The third-order valence-electron chi connectivity index (χ3n) is 2.22. The van der Waals surface area contributed by atoms with Crippen molar-refractivity contribution in [2.24, 2.45) is 0 Å². The van der Waals surface area contributed by atoms with Crippen LogP contribution in [0.15, 0.2) is 36.5 Å². The van der Waals surface area contributed by atoms with E-state index in [1.54, 1.807) is 19.2 Å². The molecule has 0 aliphatic heterocycles. The van der Waals surface area contributed by atoms with E-state index in [2.05, 4.69) is 4.98 Å². The number of benzene rings is 1. The van der Waals surface area contributed by atoms with Gasteiger partial charge < -0.3 is 5.11 Å². The topological polar surface area (TPSA) is 33.1 Å². The Balaban J connectivity index is 2.50. The van der Waals surface area contributed by atoms with Gasteiger partial charge in [-0.3, -0.25) is 4.98 Å². The minimum absolute atomic E-state index is 0.201. The molecule has 0 atom stereocenters. The number of aromatic nitrogens is 1. The van der Waals surface area contributed by atoms with Gasteiger partial charge in [-0.25, -0.2) is 0 Å². The van der Waals surface area contributed by atoms with E-state index in [-0.39, 0.29) is 5.75 Å². The first-order chi connectivity index (χ1) is 7.16. The van der Waals surface area contributed by atoms with Gasteiger partial charge >= 0.3 is 0 Å². The molecular formula is C12H10ClNO. The Morgan fingerprint density at radius 1 is 1.20 bits per heavy atom. The zero-order valence-electron chi connectivity index (χ0n) is 8.24. The van der Waals surface area contributed by atoms with E-state index in [9.17, 15) is 5.11 Å². The Kier molecular flexibility index (Phi) is 2.60. The average molecular weight is 220 g/mol. The molecule has 1 aromatic heterocycles. The number of pyridine rings is 1. The molecule has 0 amide bonds. The lowest BCUT2D eigenvalue weighted by Gasteiger charge is -2.03. The molecule has 0 aliphatic carbocycles. The normalized spacial score (nSPS) is 10.3. The summed E-state index contributed by atoms with van der Waals surface area (Å²) in [6.07, 6.45) is 1.72. The van der Waals surface area contributed by atoms with Crippen LogP contribution in [0.2, 0.25) is 5.02 Å². The summed E-state index contributed by atoms with van der Waals surface area (Å²) in [6.45, 7) is 1.76. The molecule has 1 aromatic carbocycles. The van der Waals surface area contributed by atoms with E-state index in [0.717, 1.165) is 11.1 Å². The van der Waals surface area contributed by atoms with Gasteiger partial charge in [-0.05, 0) is 30.7 Å². The molecule has 1 heterocycles. The number of hydrogen-bond acceptors (Lipinski definition) is 2. The van der Waals surface area contributed by atoms with Gasteiger partial charge in [-0.2, -0.15) is 0 Å². The summed E-state index contributed by atoms with van der Waals surface area (Å²) in [4.78, 5) is 4.09. The third-order valence-corrected chi connectivity index (χ3v) is 2.45. The maximum Gasteiger partial charge on any atom is 0.137 e. The summed E-state index contributed by atoms with van der Waals surface area (Å²) in [7, 11) is 0. The molecule has 2 rings (SSSR count). The van der Waals surface area contributed by atoms with E-state index in [1.807, 2.05) is 24.3 Å². The van der Waals surface area contributed by atoms with Crippen LogP contribution in [0, 0.1) is 6.92 Å². The zero-order valence-corrected chi connectivity index (χ0v) is 8.99. The maximum atomic E-state index is 9.54. The van der Waals surface area contributed by atoms with Crippen molar-refractivity contribution >= 4 is 11.6 Å². The molecular weight excluding hydrogens is 210 g/mol. The smallest absolute Gasteiger partial charge is 0.137 e. The SMILES string of the molecule is Cc1ncc(-c2cccc(Cl)c2)cc1O. The van der Waals surface area contributed by atoms with Gasteiger partial charge in [-0.15, -0.1) is 0 Å². The van der Waals surface area contributed by atoms with Crippen molar-refractivity contribution in [3.8, 4) is 16.9 Å². The summed E-state index contributed by atoms with van der Waals surface area (Å²) in [6, 6.07) is 9.14. The van der Waals surface area contributed by atoms with Crippen molar-refractivity contribution in [2.45, 2.75) is 6.92 Å². The van der Waals surface area contributed by atoms with Crippen LogP contribution in [0.5, 0.6) is 5.75 Å². The Morgan fingerprint density at radius 2 is 2.00 bits per heavy atom. The quantitative estimate of drug-likeness (QED) is 0.797. The van der Waals surface area contributed by atoms with Crippen LogP contribution in [0.25, 0.3) is 11.1 Å². The molecule has 15 heavy (non-hydrogen) atoms. The summed E-state index contributed by atoms with van der Waals surface area (Å²) in [5.41, 5.74) is 2.44. The molecule has 0 saturated heterocycles. The second-order valence-corrected chi connectivity index (χ2v) is 3.78. The third kappa shape index (κ3) is 2.10. The minimum atomic E-state index is 0.201. The highest BCUT2D eigenvalue weighted by Crippen LogP contribution is 2.25. The molecule has 0 radical (unpaired) electrons. The molecule has 0 aliphatic rings. The standard InChI is InChI=1S/C12H10ClNO/c1-8-12(15)6-10(7-14-8)9-3-2-4-11(13)5-9/h2-7,15H,1H3. The average Bonchev–Trinajstić information content (AvgIpc) is 2.22. The predicted octanol–water partition coefficient (Wildman–Crippen LogP) is 3.42. The Bertz CT molecular complexity index is 497. The number of hydrogen-bond donors (Lipinski definition) is 1.